The summed E-state index contributed by atoms with van der Waals surface area (Å²) < 4.78 is 1.41. The lowest BCUT2D eigenvalue weighted by Gasteiger charge is -2.10. The number of fused-ring (bicyclic) bond motifs is 1. The third kappa shape index (κ3) is 2.41. The van der Waals surface area contributed by atoms with E-state index in [4.69, 9.17) is 6.42 Å². The first kappa shape index (κ1) is 15.0. The maximum Gasteiger partial charge on any atom is 0.346 e. The molecule has 0 atom stereocenters. The number of hydrogen-bond donors (Lipinski definition) is 1. The van der Waals surface area contributed by atoms with Crippen LogP contribution in [-0.2, 0) is 6.54 Å². The summed E-state index contributed by atoms with van der Waals surface area (Å²) in [7, 11) is 0. The highest BCUT2D eigenvalue weighted by molar-refractivity contribution is 7.20. The predicted molar refractivity (Wildman–Crippen MR) is 89.8 cm³/mol. The van der Waals surface area contributed by atoms with Gasteiger partial charge in [-0.3, -0.25) is 9.36 Å². The van der Waals surface area contributed by atoms with Gasteiger partial charge in [-0.05, 0) is 12.5 Å². The molecule has 1 N–H and O–H groups in total. The van der Waals surface area contributed by atoms with Gasteiger partial charge in [-0.15, -0.1) is 17.8 Å². The molecule has 0 saturated heterocycles. The first-order valence-electron chi connectivity index (χ1n) is 6.80. The zero-order chi connectivity index (χ0) is 16.6. The smallest absolute Gasteiger partial charge is 0.346 e. The molecule has 0 aliphatic heterocycles. The summed E-state index contributed by atoms with van der Waals surface area (Å²) in [6.07, 6.45) is 5.38. The third-order valence-electron chi connectivity index (χ3n) is 3.53. The van der Waals surface area contributed by atoms with Gasteiger partial charge in [0.05, 0.1) is 11.9 Å². The van der Waals surface area contributed by atoms with Gasteiger partial charge in [0.1, 0.15) is 15.5 Å². The molecule has 0 fully saturated rings. The van der Waals surface area contributed by atoms with Crippen molar-refractivity contribution >= 4 is 27.5 Å². The SMILES string of the molecule is C#CCn1c(-c2ccccc2)nc2sc(C(=O)O)c(C)c2c1=O. The number of aromatic carboxylic acids is 1. The van der Waals surface area contributed by atoms with Crippen molar-refractivity contribution in [3.63, 3.8) is 0 Å². The lowest BCUT2D eigenvalue weighted by atomic mass is 10.2. The summed E-state index contributed by atoms with van der Waals surface area (Å²) in [6.45, 7) is 1.69. The molecule has 3 rings (SSSR count). The molecule has 2 aromatic heterocycles. The van der Waals surface area contributed by atoms with E-state index < -0.39 is 5.97 Å². The molecule has 0 bridgehead atoms. The average molecular weight is 324 g/mol. The Bertz CT molecular complexity index is 1010. The molecule has 114 valence electrons. The number of carboxylic acid groups (broad SMARTS) is 1. The van der Waals surface area contributed by atoms with Crippen LogP contribution in [0.2, 0.25) is 0 Å². The Labute approximate surface area is 135 Å². The Morgan fingerprint density at radius 3 is 2.70 bits per heavy atom. The molecule has 0 radical (unpaired) electrons. The number of terminal acetylenes is 1. The van der Waals surface area contributed by atoms with E-state index in [-0.39, 0.29) is 17.0 Å². The second-order valence-corrected chi connectivity index (χ2v) is 5.94. The summed E-state index contributed by atoms with van der Waals surface area (Å²) in [4.78, 5) is 29.2. The first-order valence-corrected chi connectivity index (χ1v) is 7.62. The fourth-order valence-corrected chi connectivity index (χ4v) is 3.48. The zero-order valence-corrected chi connectivity index (χ0v) is 13.1. The van der Waals surface area contributed by atoms with Crippen LogP contribution in [0, 0.1) is 19.3 Å². The van der Waals surface area contributed by atoms with E-state index in [1.54, 1.807) is 6.92 Å². The standard InChI is InChI=1S/C17H12N2O3S/c1-3-9-19-14(11-7-5-4-6-8-11)18-15-12(16(19)20)10(2)13(23-15)17(21)22/h1,4-8H,9H2,2H3,(H,21,22). The number of hydrogen-bond acceptors (Lipinski definition) is 4. The van der Waals surface area contributed by atoms with E-state index >= 15 is 0 Å². The molecule has 1 aromatic carbocycles. The van der Waals surface area contributed by atoms with Crippen molar-refractivity contribution in [3.8, 4) is 23.7 Å². The summed E-state index contributed by atoms with van der Waals surface area (Å²) in [6, 6.07) is 9.21. The van der Waals surface area contributed by atoms with Crippen molar-refractivity contribution in [2.75, 3.05) is 0 Å². The molecular weight excluding hydrogens is 312 g/mol. The van der Waals surface area contributed by atoms with Gasteiger partial charge in [0.25, 0.3) is 5.56 Å². The Kier molecular flexibility index (Phi) is 3.72. The van der Waals surface area contributed by atoms with Crippen LogP contribution in [0.5, 0.6) is 0 Å². The number of benzene rings is 1. The Balaban J connectivity index is 2.42. The fraction of sp³-hybridized carbons (Fsp3) is 0.118. The van der Waals surface area contributed by atoms with E-state index in [1.807, 2.05) is 30.3 Å². The van der Waals surface area contributed by atoms with E-state index in [2.05, 4.69) is 10.9 Å². The van der Waals surface area contributed by atoms with E-state index in [0.717, 1.165) is 16.9 Å². The van der Waals surface area contributed by atoms with Gasteiger partial charge < -0.3 is 5.11 Å². The van der Waals surface area contributed by atoms with Crippen LogP contribution in [0.4, 0.5) is 0 Å². The minimum absolute atomic E-state index is 0.0731. The van der Waals surface area contributed by atoms with Crippen LogP contribution in [0.15, 0.2) is 35.1 Å². The topological polar surface area (TPSA) is 72.2 Å². The van der Waals surface area contributed by atoms with Gasteiger partial charge in [-0.25, -0.2) is 9.78 Å². The number of aryl methyl sites for hydroxylation is 1. The molecule has 0 spiro atoms. The van der Waals surface area contributed by atoms with Gasteiger partial charge in [-0.1, -0.05) is 36.3 Å². The van der Waals surface area contributed by atoms with Crippen molar-refractivity contribution in [1.82, 2.24) is 9.55 Å². The number of nitrogens with zero attached hydrogens (tertiary/aromatic N) is 2. The molecule has 0 aliphatic carbocycles. The van der Waals surface area contributed by atoms with Crippen molar-refractivity contribution in [1.29, 1.82) is 0 Å². The fourth-order valence-electron chi connectivity index (χ4n) is 2.47. The van der Waals surface area contributed by atoms with Gasteiger partial charge in [0.2, 0.25) is 0 Å². The molecule has 0 saturated carbocycles. The number of carboxylic acids is 1. The van der Waals surface area contributed by atoms with Crippen LogP contribution < -0.4 is 5.56 Å². The largest absolute Gasteiger partial charge is 0.477 e. The second kappa shape index (κ2) is 5.71. The molecule has 5 nitrogen and oxygen atoms in total. The molecule has 0 amide bonds. The summed E-state index contributed by atoms with van der Waals surface area (Å²) in [5.41, 5.74) is 0.873. The number of aromatic nitrogens is 2. The highest BCUT2D eigenvalue weighted by Crippen LogP contribution is 2.29. The Morgan fingerprint density at radius 1 is 1.39 bits per heavy atom. The number of rotatable bonds is 3. The molecule has 2 heterocycles. The van der Waals surface area contributed by atoms with Crippen LogP contribution in [0.3, 0.4) is 0 Å². The highest BCUT2D eigenvalue weighted by Gasteiger charge is 2.21. The van der Waals surface area contributed by atoms with E-state index in [1.165, 1.54) is 4.57 Å². The van der Waals surface area contributed by atoms with Crippen molar-refractivity contribution in [2.24, 2.45) is 0 Å². The summed E-state index contributed by atoms with van der Waals surface area (Å²) >= 11 is 1.01. The molecule has 6 heteroatoms. The number of thiophene rings is 1. The Morgan fingerprint density at radius 2 is 2.09 bits per heavy atom. The predicted octanol–water partition coefficient (Wildman–Crippen LogP) is 2.76. The van der Waals surface area contributed by atoms with Crippen LogP contribution in [0.25, 0.3) is 21.6 Å². The maximum absolute atomic E-state index is 12.8. The molecule has 23 heavy (non-hydrogen) atoms. The highest BCUT2D eigenvalue weighted by atomic mass is 32.1. The molecule has 3 aromatic rings. The lowest BCUT2D eigenvalue weighted by Crippen LogP contribution is -2.23. The summed E-state index contributed by atoms with van der Waals surface area (Å²) in [5.74, 6) is 1.84. The van der Waals surface area contributed by atoms with Crippen LogP contribution in [0.1, 0.15) is 15.2 Å². The second-order valence-electron chi connectivity index (χ2n) is 4.94. The minimum atomic E-state index is -1.06. The zero-order valence-electron chi connectivity index (χ0n) is 12.2. The van der Waals surface area contributed by atoms with Crippen LogP contribution >= 0.6 is 11.3 Å². The third-order valence-corrected chi connectivity index (χ3v) is 4.70. The van der Waals surface area contributed by atoms with E-state index in [9.17, 15) is 14.7 Å². The quantitative estimate of drug-likeness (QED) is 0.752. The monoisotopic (exact) mass is 324 g/mol. The molecule has 0 aliphatic rings. The average Bonchev–Trinajstić information content (AvgIpc) is 2.88. The molecular formula is C17H12N2O3S. The number of carbonyl (C=O) groups is 1. The first-order chi connectivity index (χ1) is 11.0. The van der Waals surface area contributed by atoms with Crippen molar-refractivity contribution in [2.45, 2.75) is 13.5 Å². The van der Waals surface area contributed by atoms with E-state index in [0.29, 0.717) is 21.6 Å². The Hall–Kier alpha value is -2.91. The maximum atomic E-state index is 12.8. The molecule has 0 unspecified atom stereocenters. The summed E-state index contributed by atoms with van der Waals surface area (Å²) in [5, 5.41) is 9.58. The van der Waals surface area contributed by atoms with Crippen molar-refractivity contribution < 1.29 is 9.90 Å². The van der Waals surface area contributed by atoms with Crippen LogP contribution in [-0.4, -0.2) is 20.6 Å². The minimum Gasteiger partial charge on any atom is -0.477 e. The van der Waals surface area contributed by atoms with Gasteiger partial charge in [0.15, 0.2) is 0 Å². The van der Waals surface area contributed by atoms with Gasteiger partial charge >= 0.3 is 5.97 Å². The van der Waals surface area contributed by atoms with Crippen molar-refractivity contribution in [3.05, 3.63) is 51.1 Å². The normalized spacial score (nSPS) is 10.6. The van der Waals surface area contributed by atoms with Gasteiger partial charge in [0, 0.05) is 5.56 Å². The van der Waals surface area contributed by atoms with Gasteiger partial charge in [-0.2, -0.15) is 0 Å². The lowest BCUT2D eigenvalue weighted by molar-refractivity contribution is 0.0701.